The molecule has 0 aliphatic rings. The summed E-state index contributed by atoms with van der Waals surface area (Å²) in [6.45, 7) is 10.3. The Balaban J connectivity index is 0.00000232. The lowest BCUT2D eigenvalue weighted by Gasteiger charge is -2.14. The first-order valence-electron chi connectivity index (χ1n) is 23.4. The first-order chi connectivity index (χ1) is 34.1. The van der Waals surface area contributed by atoms with Gasteiger partial charge >= 0.3 is 0 Å². The Morgan fingerprint density at radius 3 is 1.64 bits per heavy atom. The van der Waals surface area contributed by atoms with Gasteiger partial charge in [-0.3, -0.25) is 4.57 Å². The molecule has 0 aliphatic carbocycles. The van der Waals surface area contributed by atoms with Gasteiger partial charge in [0.25, 0.3) is 0 Å². The fourth-order valence-corrected chi connectivity index (χ4v) is 11.6. The summed E-state index contributed by atoms with van der Waals surface area (Å²) in [5.41, 5.74) is 10.2. The van der Waals surface area contributed by atoms with E-state index >= 15 is 0 Å². The molecule has 0 bridgehead atoms. The number of hydrogen-bond donors (Lipinski definition) is 0. The highest BCUT2D eigenvalue weighted by molar-refractivity contribution is 7.20. The number of nitrogens with zero attached hydrogens (tertiary/aromatic N) is 4. The number of aromatic nitrogens is 4. The minimum atomic E-state index is 0.501. The molecule has 0 aliphatic heterocycles. The highest BCUT2D eigenvalue weighted by Crippen LogP contribution is 2.46. The molecule has 9 aromatic carbocycles. The molecule has 14 rings (SSSR count). The van der Waals surface area contributed by atoms with E-state index in [1.807, 2.05) is 56.3 Å². The lowest BCUT2D eigenvalue weighted by atomic mass is 9.95. The zero-order valence-corrected chi connectivity index (χ0v) is 38.9. The average molecular weight is 907 g/mol. The number of thiophene rings is 1. The number of benzene rings is 9. The molecular weight excluding hydrogens is 865 g/mol. The van der Waals surface area contributed by atoms with Crippen LogP contribution in [0.3, 0.4) is 0 Å². The molecule has 0 N–H and O–H groups in total. The Morgan fingerprint density at radius 1 is 0.478 bits per heavy atom. The first-order valence-corrected chi connectivity index (χ1v) is 24.2. The van der Waals surface area contributed by atoms with Gasteiger partial charge in [-0.15, -0.1) is 11.3 Å². The lowest BCUT2D eigenvalue weighted by molar-refractivity contribution is 0.668. The fraction of sp³-hybridized carbons (Fsp3) is 0.0484. The minimum Gasteiger partial charge on any atom is -0.456 e. The highest BCUT2D eigenvalue weighted by Gasteiger charge is 2.25. The van der Waals surface area contributed by atoms with Crippen molar-refractivity contribution >= 4 is 121 Å². The van der Waals surface area contributed by atoms with Crippen LogP contribution in [-0.4, -0.2) is 19.5 Å². The number of allylic oxidation sites excluding steroid dienone is 1. The average Bonchev–Trinajstić information content (AvgIpc) is 4.17. The third kappa shape index (κ3) is 6.21. The largest absolute Gasteiger partial charge is 0.456 e. The predicted octanol–water partition coefficient (Wildman–Crippen LogP) is 18.0. The number of para-hydroxylation sites is 3. The van der Waals surface area contributed by atoms with Crippen LogP contribution in [-0.2, 0) is 0 Å². The number of fused-ring (bicyclic) bond motifs is 15. The van der Waals surface area contributed by atoms with Gasteiger partial charge in [-0.25, -0.2) is 4.98 Å². The second kappa shape index (κ2) is 16.0. The van der Waals surface area contributed by atoms with Crippen LogP contribution < -0.4 is 0 Å². The van der Waals surface area contributed by atoms with Crippen LogP contribution in [0.15, 0.2) is 191 Å². The summed E-state index contributed by atoms with van der Waals surface area (Å²) in [5.74, 6) is 1.55. The van der Waals surface area contributed by atoms with Crippen molar-refractivity contribution in [3.63, 3.8) is 0 Å². The standard InChI is InChI=1S/C60H36N4O2S.C2H6/c1-3-14-53-37(4-2)48-31-34(27-30-54(48)67-53)38-21-13-22-47-55-45-19-7-5-15-39(45)40-16-6-8-20-46(40)57(55)64(56(38)47)60-62-58(35-25-28-43-41-17-9-11-23-49(41)65-51(43)32-35)61-59(63-60)36-26-29-44-42-18-10-12-24-50(42)66-52(44)33-36;1-2/h3-33H,2H2,1H3;1-2H3/b14-3-;. The van der Waals surface area contributed by atoms with Crippen LogP contribution in [0.4, 0.5) is 0 Å². The summed E-state index contributed by atoms with van der Waals surface area (Å²) in [6, 6.07) is 59.7. The SMILES string of the molecule is C=Cc1c(/C=C\C)sc2ccc(-c3cccc4c5c6ccccc6c6ccccc6c5n(-c5nc(-c6ccc7c(c6)oc6ccccc67)nc(-c6ccc7c(c6)oc6ccccc67)n5)c34)cc12.CC. The number of rotatable bonds is 6. The third-order valence-corrected chi connectivity index (χ3v) is 14.5. The maximum Gasteiger partial charge on any atom is 0.238 e. The molecule has 7 heteroatoms. The van der Waals surface area contributed by atoms with E-state index in [0.717, 1.165) is 110 Å². The smallest absolute Gasteiger partial charge is 0.238 e. The van der Waals surface area contributed by atoms with Crippen molar-refractivity contribution in [3.05, 3.63) is 193 Å². The van der Waals surface area contributed by atoms with Crippen LogP contribution in [0.1, 0.15) is 31.2 Å². The van der Waals surface area contributed by atoms with E-state index in [9.17, 15) is 0 Å². The maximum absolute atomic E-state index is 6.44. The molecule has 0 spiro atoms. The third-order valence-electron chi connectivity index (χ3n) is 13.3. The Bertz CT molecular complexity index is 4320. The van der Waals surface area contributed by atoms with Crippen molar-refractivity contribution in [2.75, 3.05) is 0 Å². The summed E-state index contributed by atoms with van der Waals surface area (Å²) in [7, 11) is 0. The molecule has 0 saturated carbocycles. The molecule has 6 nitrogen and oxygen atoms in total. The van der Waals surface area contributed by atoms with Crippen LogP contribution in [0.25, 0.3) is 149 Å². The second-order valence-corrected chi connectivity index (χ2v) is 18.1. The van der Waals surface area contributed by atoms with Crippen LogP contribution in [0, 0.1) is 0 Å². The van der Waals surface area contributed by atoms with E-state index in [2.05, 4.69) is 164 Å². The van der Waals surface area contributed by atoms with Gasteiger partial charge in [-0.05, 0) is 88.8 Å². The van der Waals surface area contributed by atoms with Crippen molar-refractivity contribution in [2.45, 2.75) is 20.8 Å². The quantitative estimate of drug-likeness (QED) is 0.155. The highest BCUT2D eigenvalue weighted by atomic mass is 32.1. The van der Waals surface area contributed by atoms with Gasteiger partial charge < -0.3 is 8.83 Å². The van der Waals surface area contributed by atoms with E-state index < -0.39 is 0 Å². The summed E-state index contributed by atoms with van der Waals surface area (Å²) < 4.78 is 16.4. The molecule has 14 aromatic rings. The van der Waals surface area contributed by atoms with Crippen molar-refractivity contribution in [3.8, 4) is 39.9 Å². The molecule has 69 heavy (non-hydrogen) atoms. The van der Waals surface area contributed by atoms with Gasteiger partial charge in [0.15, 0.2) is 11.6 Å². The molecule has 5 heterocycles. The molecule has 5 aromatic heterocycles. The van der Waals surface area contributed by atoms with Gasteiger partial charge in [0.05, 0.1) is 11.0 Å². The minimum absolute atomic E-state index is 0.501. The molecule has 0 fully saturated rings. The fourth-order valence-electron chi connectivity index (χ4n) is 10.4. The van der Waals surface area contributed by atoms with Gasteiger partial charge in [-0.2, -0.15) is 9.97 Å². The van der Waals surface area contributed by atoms with Gasteiger partial charge in [0.2, 0.25) is 5.95 Å². The summed E-state index contributed by atoms with van der Waals surface area (Å²) in [6.07, 6.45) is 6.24. The lowest BCUT2D eigenvalue weighted by Crippen LogP contribution is -2.07. The monoisotopic (exact) mass is 906 g/mol. The van der Waals surface area contributed by atoms with Crippen molar-refractivity contribution in [1.29, 1.82) is 0 Å². The van der Waals surface area contributed by atoms with E-state index in [4.69, 9.17) is 23.8 Å². The van der Waals surface area contributed by atoms with Crippen LogP contribution in [0.5, 0.6) is 0 Å². The second-order valence-electron chi connectivity index (χ2n) is 17.0. The van der Waals surface area contributed by atoms with Crippen molar-refractivity contribution < 1.29 is 8.83 Å². The molecular formula is C62H42N4O2S. The molecule has 0 unspecified atom stereocenters. The normalized spacial score (nSPS) is 12.0. The number of furan rings is 2. The topological polar surface area (TPSA) is 69.9 Å². The first kappa shape index (κ1) is 40.6. The van der Waals surface area contributed by atoms with E-state index in [1.165, 1.54) is 20.3 Å². The molecule has 0 saturated heterocycles. The summed E-state index contributed by atoms with van der Waals surface area (Å²) in [4.78, 5) is 17.5. The van der Waals surface area contributed by atoms with E-state index in [-0.39, 0.29) is 0 Å². The Labute approximate surface area is 400 Å². The summed E-state index contributed by atoms with van der Waals surface area (Å²) >= 11 is 1.79. The Morgan fingerprint density at radius 2 is 1.01 bits per heavy atom. The van der Waals surface area contributed by atoms with E-state index in [0.29, 0.717) is 17.6 Å². The molecule has 0 atom stereocenters. The van der Waals surface area contributed by atoms with Gasteiger partial charge in [0, 0.05) is 69.4 Å². The van der Waals surface area contributed by atoms with Crippen LogP contribution >= 0.6 is 11.3 Å². The Hall–Kier alpha value is -8.65. The number of hydrogen-bond acceptors (Lipinski definition) is 6. The van der Waals surface area contributed by atoms with Crippen molar-refractivity contribution in [1.82, 2.24) is 19.5 Å². The zero-order chi connectivity index (χ0) is 46.3. The zero-order valence-electron chi connectivity index (χ0n) is 38.1. The van der Waals surface area contributed by atoms with E-state index in [1.54, 1.807) is 11.3 Å². The Kier molecular flexibility index (Phi) is 9.42. The molecule has 0 radical (unpaired) electrons. The van der Waals surface area contributed by atoms with Gasteiger partial charge in [-0.1, -0.05) is 154 Å². The van der Waals surface area contributed by atoms with Crippen molar-refractivity contribution in [2.24, 2.45) is 0 Å². The maximum atomic E-state index is 6.44. The predicted molar refractivity (Wildman–Crippen MR) is 292 cm³/mol. The molecule has 328 valence electrons. The van der Waals surface area contributed by atoms with Crippen LogP contribution in [0.2, 0.25) is 0 Å². The molecule has 0 amide bonds. The summed E-state index contributed by atoms with van der Waals surface area (Å²) in [5, 5.41) is 12.2. The van der Waals surface area contributed by atoms with Gasteiger partial charge in [0.1, 0.15) is 22.3 Å².